The number of anilines is 3. The third kappa shape index (κ3) is 4.87. The van der Waals surface area contributed by atoms with Gasteiger partial charge in [-0.15, -0.1) is 0 Å². The van der Waals surface area contributed by atoms with Crippen molar-refractivity contribution in [1.82, 2.24) is 9.97 Å². The molecule has 1 aliphatic rings. The zero-order chi connectivity index (χ0) is 24.5. The van der Waals surface area contributed by atoms with Crippen LogP contribution in [0.5, 0.6) is 0 Å². The fourth-order valence-electron chi connectivity index (χ4n) is 4.08. The highest BCUT2D eigenvalue weighted by Gasteiger charge is 2.32. The molecule has 0 unspecified atom stereocenters. The minimum atomic E-state index is -3.34. The van der Waals surface area contributed by atoms with E-state index in [9.17, 15) is 18.3 Å². The van der Waals surface area contributed by atoms with Gasteiger partial charge < -0.3 is 20.5 Å². The maximum absolute atomic E-state index is 12.5. The summed E-state index contributed by atoms with van der Waals surface area (Å²) < 4.78 is 28.9. The number of nitrogens with one attached hydrogen (secondary N) is 2. The van der Waals surface area contributed by atoms with Crippen molar-refractivity contribution in [1.29, 1.82) is 0 Å². The maximum atomic E-state index is 12.5. The van der Waals surface area contributed by atoms with Crippen LogP contribution in [0.4, 0.5) is 17.5 Å². The second-order valence-electron chi connectivity index (χ2n) is 8.15. The number of hydrogen-bond donors (Lipinski definition) is 3. The van der Waals surface area contributed by atoms with Crippen LogP contribution in [0.1, 0.15) is 40.0 Å². The van der Waals surface area contributed by atoms with Crippen molar-refractivity contribution in [2.75, 3.05) is 23.5 Å². The number of carbonyl (C=O) groups excluding carboxylic acids is 1. The number of nitrogens with zero attached hydrogens (tertiary/aromatic N) is 2. The van der Waals surface area contributed by atoms with Crippen LogP contribution in [0.3, 0.4) is 0 Å². The van der Waals surface area contributed by atoms with E-state index in [1.165, 1.54) is 12.3 Å². The molecule has 3 N–H and O–H groups in total. The first kappa shape index (κ1) is 23.7. The molecule has 0 amide bonds. The van der Waals surface area contributed by atoms with Crippen LogP contribution in [0.25, 0.3) is 0 Å². The van der Waals surface area contributed by atoms with Gasteiger partial charge in [0.2, 0.25) is 5.95 Å². The highest BCUT2D eigenvalue weighted by molar-refractivity contribution is 7.90. The molecule has 4 rings (SSSR count). The lowest BCUT2D eigenvalue weighted by atomic mass is 10.1. The molecule has 2 aromatic carbocycles. The van der Waals surface area contributed by atoms with Crippen molar-refractivity contribution >= 4 is 33.3 Å². The van der Waals surface area contributed by atoms with Gasteiger partial charge in [-0.25, -0.2) is 18.2 Å². The van der Waals surface area contributed by atoms with Gasteiger partial charge in [-0.05, 0) is 48.7 Å². The van der Waals surface area contributed by atoms with Crippen LogP contribution >= 0.6 is 0 Å². The number of carbonyl (C=O) groups is 1. The van der Waals surface area contributed by atoms with E-state index in [1.54, 1.807) is 26.0 Å². The number of sulfone groups is 1. The van der Waals surface area contributed by atoms with Crippen LogP contribution in [0.15, 0.2) is 53.6 Å². The Bertz CT molecular complexity index is 1340. The number of aromatic nitrogens is 2. The molecule has 1 aliphatic carbocycles. The average molecular weight is 483 g/mol. The highest BCUT2D eigenvalue weighted by Crippen LogP contribution is 2.35. The van der Waals surface area contributed by atoms with Crippen molar-refractivity contribution in [3.8, 4) is 0 Å². The molecule has 9 nitrogen and oxygen atoms in total. The molecular formula is C24H26N4O5S. The Kier molecular flexibility index (Phi) is 6.54. The van der Waals surface area contributed by atoms with E-state index in [2.05, 4.69) is 20.6 Å². The van der Waals surface area contributed by atoms with Gasteiger partial charge in [0.05, 0.1) is 23.6 Å². The van der Waals surface area contributed by atoms with Crippen LogP contribution in [0.2, 0.25) is 0 Å². The van der Waals surface area contributed by atoms with Gasteiger partial charge >= 0.3 is 5.97 Å². The quantitative estimate of drug-likeness (QED) is 0.435. The molecule has 0 saturated carbocycles. The number of aliphatic hydroxyl groups excluding tert-OH is 1. The minimum Gasteiger partial charge on any atom is -0.462 e. The van der Waals surface area contributed by atoms with Crippen molar-refractivity contribution in [3.05, 3.63) is 70.9 Å². The fourth-order valence-corrected chi connectivity index (χ4v) is 5.04. The summed E-state index contributed by atoms with van der Waals surface area (Å²) in [4.78, 5) is 21.5. The number of ether oxygens (including phenoxy) is 1. The number of fused-ring (bicyclic) bond motifs is 1. The zero-order valence-electron chi connectivity index (χ0n) is 19.1. The predicted octanol–water partition coefficient (Wildman–Crippen LogP) is 3.18. The van der Waals surface area contributed by atoms with Gasteiger partial charge in [0, 0.05) is 24.6 Å². The third-order valence-corrected chi connectivity index (χ3v) is 6.87. The normalized spacial score (nSPS) is 17.2. The molecule has 178 valence electrons. The van der Waals surface area contributed by atoms with Crippen LogP contribution in [-0.2, 0) is 21.0 Å². The largest absolute Gasteiger partial charge is 0.462 e. The number of rotatable bonds is 7. The molecule has 0 radical (unpaired) electrons. The lowest BCUT2D eigenvalue weighted by Gasteiger charge is -2.20. The Labute approximate surface area is 198 Å². The summed E-state index contributed by atoms with van der Waals surface area (Å²) in [6.45, 7) is 3.61. The first-order valence-electron chi connectivity index (χ1n) is 10.8. The number of aryl methyl sites for hydroxylation is 1. The minimum absolute atomic E-state index is 0.146. The Morgan fingerprint density at radius 1 is 1.24 bits per heavy atom. The molecule has 2 atom stereocenters. The van der Waals surface area contributed by atoms with Gasteiger partial charge in [-0.1, -0.05) is 24.3 Å². The van der Waals surface area contributed by atoms with Crippen LogP contribution < -0.4 is 10.6 Å². The summed E-state index contributed by atoms with van der Waals surface area (Å²) in [5.41, 5.74) is 3.28. The molecule has 0 fully saturated rings. The number of benzene rings is 2. The highest BCUT2D eigenvalue weighted by atomic mass is 32.2. The average Bonchev–Trinajstić information content (AvgIpc) is 3.08. The number of esters is 1. The van der Waals surface area contributed by atoms with Crippen molar-refractivity contribution < 1.29 is 23.1 Å². The van der Waals surface area contributed by atoms with Gasteiger partial charge in [0.15, 0.2) is 9.84 Å². The number of aliphatic hydroxyl groups is 1. The monoisotopic (exact) mass is 482 g/mol. The maximum Gasteiger partial charge on any atom is 0.343 e. The summed E-state index contributed by atoms with van der Waals surface area (Å²) in [6, 6.07) is 12.1. The van der Waals surface area contributed by atoms with E-state index in [4.69, 9.17) is 4.74 Å². The van der Waals surface area contributed by atoms with Crippen molar-refractivity contribution in [2.24, 2.45) is 0 Å². The SMILES string of the molecule is CCOC(=O)c1cnc(Nc2ccc(S(C)(=O)=O)c(C)c2)nc1N[C@H]1c2ccccc2C[C@H]1O. The van der Waals surface area contributed by atoms with Crippen molar-refractivity contribution in [3.63, 3.8) is 0 Å². The summed E-state index contributed by atoms with van der Waals surface area (Å²) in [5.74, 6) is -0.158. The van der Waals surface area contributed by atoms with Gasteiger partial charge in [-0.3, -0.25) is 0 Å². The summed E-state index contributed by atoms with van der Waals surface area (Å²) in [6.07, 6.45) is 2.32. The van der Waals surface area contributed by atoms with Gasteiger partial charge in [0.25, 0.3) is 0 Å². The first-order valence-corrected chi connectivity index (χ1v) is 12.7. The second kappa shape index (κ2) is 9.40. The topological polar surface area (TPSA) is 131 Å². The van der Waals surface area contributed by atoms with Crippen molar-refractivity contribution in [2.45, 2.75) is 37.3 Å². The van der Waals surface area contributed by atoms with Crippen LogP contribution in [0, 0.1) is 6.92 Å². The van der Waals surface area contributed by atoms with E-state index >= 15 is 0 Å². The first-order chi connectivity index (χ1) is 16.2. The zero-order valence-corrected chi connectivity index (χ0v) is 19.9. The Morgan fingerprint density at radius 3 is 2.71 bits per heavy atom. The van der Waals surface area contributed by atoms with E-state index in [0.29, 0.717) is 17.7 Å². The molecule has 0 spiro atoms. The lowest BCUT2D eigenvalue weighted by molar-refractivity contribution is 0.0526. The van der Waals surface area contributed by atoms with Crippen LogP contribution in [-0.4, -0.2) is 48.4 Å². The standard InChI is InChI=1S/C24H26N4O5S/c1-4-33-23(30)18-13-25-24(26-16-9-10-20(14(2)11-16)34(3,31)32)28-22(18)27-21-17-8-6-5-7-15(17)12-19(21)29/h5-11,13,19,21,29H,4,12H2,1-3H3,(H2,25,26,27,28)/t19-,21+/m1/s1. The Balaban J connectivity index is 1.67. The van der Waals surface area contributed by atoms with E-state index in [-0.39, 0.29) is 28.8 Å². The Morgan fingerprint density at radius 2 is 2.00 bits per heavy atom. The van der Waals surface area contributed by atoms with E-state index in [1.807, 2.05) is 24.3 Å². The predicted molar refractivity (Wildman–Crippen MR) is 128 cm³/mol. The Hall–Kier alpha value is -3.50. The van der Waals surface area contributed by atoms with Gasteiger partial charge in [0.1, 0.15) is 11.4 Å². The van der Waals surface area contributed by atoms with E-state index < -0.39 is 28.0 Å². The molecule has 0 saturated heterocycles. The molecule has 1 aromatic heterocycles. The van der Waals surface area contributed by atoms with Gasteiger partial charge in [-0.2, -0.15) is 4.98 Å². The molecule has 34 heavy (non-hydrogen) atoms. The third-order valence-electron chi connectivity index (χ3n) is 5.61. The lowest BCUT2D eigenvalue weighted by Crippen LogP contribution is -2.23. The molecule has 0 aliphatic heterocycles. The van der Waals surface area contributed by atoms with E-state index in [0.717, 1.165) is 17.4 Å². The summed E-state index contributed by atoms with van der Waals surface area (Å²) in [5, 5.41) is 16.9. The summed E-state index contributed by atoms with van der Waals surface area (Å²) in [7, 11) is -3.34. The molecular weight excluding hydrogens is 456 g/mol. The number of hydrogen-bond acceptors (Lipinski definition) is 9. The molecule has 0 bridgehead atoms. The fraction of sp³-hybridized carbons (Fsp3) is 0.292. The molecule has 1 heterocycles. The molecule has 10 heteroatoms. The smallest absolute Gasteiger partial charge is 0.343 e. The molecule has 3 aromatic rings. The summed E-state index contributed by atoms with van der Waals surface area (Å²) >= 11 is 0. The second-order valence-corrected chi connectivity index (χ2v) is 10.1.